The summed E-state index contributed by atoms with van der Waals surface area (Å²) in [6, 6.07) is 10.1. The van der Waals surface area contributed by atoms with E-state index in [1.54, 1.807) is 26.6 Å². The van der Waals surface area contributed by atoms with Gasteiger partial charge < -0.3 is 23.7 Å². The first-order chi connectivity index (χ1) is 15.4. The van der Waals surface area contributed by atoms with Crippen molar-refractivity contribution in [3.8, 4) is 11.5 Å². The summed E-state index contributed by atoms with van der Waals surface area (Å²) in [5.74, 6) is 1.62. The lowest BCUT2D eigenvalue weighted by Crippen LogP contribution is -2.48. The number of aryl methyl sites for hydroxylation is 2. The molecule has 0 aliphatic carbocycles. The van der Waals surface area contributed by atoms with E-state index in [9.17, 15) is 4.79 Å². The van der Waals surface area contributed by atoms with E-state index in [1.807, 2.05) is 43.9 Å². The molecule has 1 aliphatic rings. The number of rotatable bonds is 5. The normalized spacial score (nSPS) is 14.7. The van der Waals surface area contributed by atoms with E-state index >= 15 is 0 Å². The van der Waals surface area contributed by atoms with Gasteiger partial charge in [-0.25, -0.2) is 0 Å². The molecule has 0 unspecified atom stereocenters. The minimum atomic E-state index is 0.0193. The van der Waals surface area contributed by atoms with Crippen molar-refractivity contribution in [2.75, 3.05) is 45.3 Å². The third-order valence-electron chi connectivity index (χ3n) is 6.22. The summed E-state index contributed by atoms with van der Waals surface area (Å²) in [6.07, 6.45) is 3.48. The lowest BCUT2D eigenvalue weighted by atomic mass is 9.98. The van der Waals surface area contributed by atoms with Crippen LogP contribution in [0.25, 0.3) is 16.5 Å². The van der Waals surface area contributed by atoms with Gasteiger partial charge in [-0.05, 0) is 50.1 Å². The fourth-order valence-electron chi connectivity index (χ4n) is 4.41. The fourth-order valence-corrected chi connectivity index (χ4v) is 4.41. The van der Waals surface area contributed by atoms with Crippen molar-refractivity contribution in [1.29, 1.82) is 0 Å². The molecule has 6 nitrogen and oxygen atoms in total. The predicted molar refractivity (Wildman–Crippen MR) is 128 cm³/mol. The number of hydrogen-bond donors (Lipinski definition) is 0. The maximum Gasteiger partial charge on any atom is 0.246 e. The number of carbonyl (C=O) groups excluding carboxylic acids is 1. The van der Waals surface area contributed by atoms with Gasteiger partial charge in [-0.15, -0.1) is 0 Å². The average Bonchev–Trinajstić information content (AvgIpc) is 3.19. The van der Waals surface area contributed by atoms with Crippen LogP contribution in [0.1, 0.15) is 23.6 Å². The summed E-state index contributed by atoms with van der Waals surface area (Å²) < 4.78 is 16.9. The van der Waals surface area contributed by atoms with E-state index in [0.717, 1.165) is 63.5 Å². The second kappa shape index (κ2) is 8.99. The maximum absolute atomic E-state index is 13.1. The van der Waals surface area contributed by atoms with Crippen molar-refractivity contribution >= 4 is 28.1 Å². The Hall–Kier alpha value is -3.41. The first-order valence-corrected chi connectivity index (χ1v) is 10.9. The van der Waals surface area contributed by atoms with Crippen molar-refractivity contribution in [3.05, 3.63) is 59.4 Å². The van der Waals surface area contributed by atoms with Crippen LogP contribution in [0.3, 0.4) is 0 Å². The van der Waals surface area contributed by atoms with E-state index < -0.39 is 0 Å². The Balaban J connectivity index is 1.53. The Morgan fingerprint density at radius 2 is 1.78 bits per heavy atom. The minimum Gasteiger partial charge on any atom is -0.496 e. The number of ether oxygens (including phenoxy) is 2. The van der Waals surface area contributed by atoms with Crippen molar-refractivity contribution in [3.63, 3.8) is 0 Å². The molecule has 0 saturated carbocycles. The van der Waals surface area contributed by atoms with E-state index in [-0.39, 0.29) is 5.91 Å². The molecule has 1 fully saturated rings. The number of carbonyl (C=O) groups is 1. The van der Waals surface area contributed by atoms with Crippen LogP contribution in [0.5, 0.6) is 11.5 Å². The lowest BCUT2D eigenvalue weighted by Gasteiger charge is -2.36. The number of para-hydroxylation sites is 2. The number of hydrogen-bond acceptors (Lipinski definition) is 5. The highest BCUT2D eigenvalue weighted by Crippen LogP contribution is 2.37. The zero-order valence-electron chi connectivity index (χ0n) is 19.4. The number of benzene rings is 2. The van der Waals surface area contributed by atoms with Crippen molar-refractivity contribution in [2.24, 2.45) is 0 Å². The molecule has 2 heterocycles. The molecule has 6 heteroatoms. The predicted octanol–water partition coefficient (Wildman–Crippen LogP) is 4.82. The third-order valence-corrected chi connectivity index (χ3v) is 6.22. The van der Waals surface area contributed by atoms with E-state index in [4.69, 9.17) is 13.9 Å². The van der Waals surface area contributed by atoms with Gasteiger partial charge in [0.25, 0.3) is 0 Å². The molecule has 168 valence electrons. The summed E-state index contributed by atoms with van der Waals surface area (Å²) in [7, 11) is 3.34. The SMILES string of the molecule is COc1ccccc1N1CCN(C(=O)/C=C(\C)c2cc3c(C)coc3c(C)c2OC)CC1. The van der Waals surface area contributed by atoms with Gasteiger partial charge in [-0.2, -0.15) is 0 Å². The molecule has 0 spiro atoms. The van der Waals surface area contributed by atoms with E-state index in [2.05, 4.69) is 17.0 Å². The molecule has 0 bridgehead atoms. The summed E-state index contributed by atoms with van der Waals surface area (Å²) in [5.41, 5.74) is 5.71. The Bertz CT molecular complexity index is 1170. The first-order valence-electron chi connectivity index (χ1n) is 10.9. The minimum absolute atomic E-state index is 0.0193. The molecule has 3 aromatic rings. The number of piperazine rings is 1. The van der Waals surface area contributed by atoms with Crippen LogP contribution in [-0.2, 0) is 4.79 Å². The summed E-state index contributed by atoms with van der Waals surface area (Å²) >= 11 is 0. The largest absolute Gasteiger partial charge is 0.496 e. The molecular weight excluding hydrogens is 404 g/mol. The average molecular weight is 435 g/mol. The molecule has 1 saturated heterocycles. The molecule has 1 amide bonds. The topological polar surface area (TPSA) is 55.2 Å². The molecule has 0 radical (unpaired) electrons. The monoisotopic (exact) mass is 434 g/mol. The van der Waals surface area contributed by atoms with Gasteiger partial charge in [0.2, 0.25) is 5.91 Å². The van der Waals surface area contributed by atoms with Gasteiger partial charge in [0.1, 0.15) is 17.1 Å². The van der Waals surface area contributed by atoms with Gasteiger partial charge in [0, 0.05) is 48.8 Å². The maximum atomic E-state index is 13.1. The molecule has 4 rings (SSSR count). The Labute approximate surface area is 189 Å². The highest BCUT2D eigenvalue weighted by atomic mass is 16.5. The van der Waals surface area contributed by atoms with Crippen LogP contribution in [-0.4, -0.2) is 51.2 Å². The molecule has 1 aliphatic heterocycles. The summed E-state index contributed by atoms with van der Waals surface area (Å²) in [5, 5.41) is 1.05. The second-order valence-corrected chi connectivity index (χ2v) is 8.19. The number of amides is 1. The third kappa shape index (κ3) is 3.93. The Morgan fingerprint density at radius 3 is 2.47 bits per heavy atom. The molecule has 1 aromatic heterocycles. The number of fused-ring (bicyclic) bond motifs is 1. The highest BCUT2D eigenvalue weighted by molar-refractivity contribution is 5.98. The molecule has 32 heavy (non-hydrogen) atoms. The quantitative estimate of drug-likeness (QED) is 0.539. The van der Waals surface area contributed by atoms with Crippen LogP contribution in [0, 0.1) is 13.8 Å². The van der Waals surface area contributed by atoms with Crippen LogP contribution in [0.4, 0.5) is 5.69 Å². The Kier molecular flexibility index (Phi) is 6.12. The van der Waals surface area contributed by atoms with Crippen molar-refractivity contribution in [1.82, 2.24) is 4.90 Å². The van der Waals surface area contributed by atoms with Gasteiger partial charge in [0.15, 0.2) is 0 Å². The van der Waals surface area contributed by atoms with Gasteiger partial charge in [-0.3, -0.25) is 4.79 Å². The number of methoxy groups -OCH3 is 2. The smallest absolute Gasteiger partial charge is 0.246 e. The van der Waals surface area contributed by atoms with Gasteiger partial charge in [0.05, 0.1) is 26.2 Å². The van der Waals surface area contributed by atoms with Crippen LogP contribution >= 0.6 is 0 Å². The number of allylic oxidation sites excluding steroid dienone is 1. The van der Waals surface area contributed by atoms with Crippen LogP contribution in [0.15, 0.2) is 47.1 Å². The second-order valence-electron chi connectivity index (χ2n) is 8.19. The molecule has 0 N–H and O–H groups in total. The first kappa shape index (κ1) is 21.8. The van der Waals surface area contributed by atoms with Crippen molar-refractivity contribution < 1.29 is 18.7 Å². The lowest BCUT2D eigenvalue weighted by molar-refractivity contribution is -0.126. The Morgan fingerprint density at radius 1 is 1.06 bits per heavy atom. The standard InChI is InChI=1S/C26H30N2O4/c1-17(20-15-21-18(2)16-32-26(21)19(3)25(20)31-5)14-24(29)28-12-10-27(11-13-28)22-8-6-7-9-23(22)30-4/h6-9,14-16H,10-13H2,1-5H3/b17-14+. The van der Waals surface area contributed by atoms with E-state index in [0.29, 0.717) is 13.1 Å². The van der Waals surface area contributed by atoms with Crippen molar-refractivity contribution in [2.45, 2.75) is 20.8 Å². The summed E-state index contributed by atoms with van der Waals surface area (Å²) in [6.45, 7) is 8.82. The van der Waals surface area contributed by atoms with E-state index in [1.165, 1.54) is 0 Å². The molecule has 2 aromatic carbocycles. The van der Waals surface area contributed by atoms with Gasteiger partial charge >= 0.3 is 0 Å². The zero-order chi connectivity index (χ0) is 22.8. The van der Waals surface area contributed by atoms with Crippen LogP contribution in [0.2, 0.25) is 0 Å². The number of anilines is 1. The summed E-state index contributed by atoms with van der Waals surface area (Å²) in [4.78, 5) is 17.2. The number of nitrogens with zero attached hydrogens (tertiary/aromatic N) is 2. The number of furan rings is 1. The van der Waals surface area contributed by atoms with Gasteiger partial charge in [-0.1, -0.05) is 12.1 Å². The highest BCUT2D eigenvalue weighted by Gasteiger charge is 2.23. The fraction of sp³-hybridized carbons (Fsp3) is 0.346. The molecule has 0 atom stereocenters. The zero-order valence-corrected chi connectivity index (χ0v) is 19.4. The van der Waals surface area contributed by atoms with Crippen LogP contribution < -0.4 is 14.4 Å². The molecular formula is C26H30N2O4.